The molecule has 2 aromatic rings. The van der Waals surface area contributed by atoms with Crippen molar-refractivity contribution >= 4 is 5.82 Å². The minimum atomic E-state index is 0.708. The zero-order valence-electron chi connectivity index (χ0n) is 9.09. The molecule has 80 valence electrons. The summed E-state index contributed by atoms with van der Waals surface area (Å²) in [6, 6.07) is 1.87. The molecule has 0 aliphatic carbocycles. The molecule has 0 saturated carbocycles. The van der Waals surface area contributed by atoms with Crippen molar-refractivity contribution in [1.82, 2.24) is 15.4 Å². The largest absolute Gasteiger partial charge is 0.363 e. The number of aromatic amines is 1. The normalized spacial score (nSPS) is 10.6. The van der Waals surface area contributed by atoms with Crippen LogP contribution >= 0.6 is 0 Å². The summed E-state index contributed by atoms with van der Waals surface area (Å²) >= 11 is 0. The van der Waals surface area contributed by atoms with E-state index in [-0.39, 0.29) is 0 Å². The fraction of sp³-hybridized carbons (Fsp3) is 0.400. The fourth-order valence-electron chi connectivity index (χ4n) is 1.46. The van der Waals surface area contributed by atoms with Crippen LogP contribution in [0.3, 0.4) is 0 Å². The van der Waals surface area contributed by atoms with Crippen molar-refractivity contribution in [3.63, 3.8) is 0 Å². The molecular weight excluding hydrogens is 192 g/mol. The summed E-state index contributed by atoms with van der Waals surface area (Å²) in [4.78, 5) is 0. The van der Waals surface area contributed by atoms with Crippen LogP contribution in [0.1, 0.15) is 22.7 Å². The van der Waals surface area contributed by atoms with E-state index in [1.165, 1.54) is 5.56 Å². The topological polar surface area (TPSA) is 66.7 Å². The lowest BCUT2D eigenvalue weighted by Crippen LogP contribution is -2.01. The van der Waals surface area contributed by atoms with E-state index in [0.717, 1.165) is 23.0 Å². The van der Waals surface area contributed by atoms with Gasteiger partial charge in [0.15, 0.2) is 5.82 Å². The lowest BCUT2D eigenvalue weighted by molar-refractivity contribution is 0.399. The summed E-state index contributed by atoms with van der Waals surface area (Å²) in [6.07, 6.45) is 0. The first-order chi connectivity index (χ1) is 7.16. The summed E-state index contributed by atoms with van der Waals surface area (Å²) < 4.78 is 4.96. The van der Waals surface area contributed by atoms with Gasteiger partial charge in [0.25, 0.3) is 0 Å². The maximum Gasteiger partial charge on any atom is 0.169 e. The summed E-state index contributed by atoms with van der Waals surface area (Å²) in [5.74, 6) is 1.56. The van der Waals surface area contributed by atoms with Crippen LogP contribution in [0.5, 0.6) is 0 Å². The Kier molecular flexibility index (Phi) is 2.45. The second kappa shape index (κ2) is 3.76. The van der Waals surface area contributed by atoms with Gasteiger partial charge in [0, 0.05) is 23.9 Å². The van der Waals surface area contributed by atoms with Crippen molar-refractivity contribution in [2.45, 2.75) is 27.3 Å². The standard InChI is InChI=1S/C10H14N4O/c1-6-4-10(14-15-6)11-5-9-7(2)12-13-8(9)3/h4H,5H2,1-3H3,(H,11,14)(H,12,13). The predicted molar refractivity (Wildman–Crippen MR) is 56.6 cm³/mol. The second-order valence-corrected chi connectivity index (χ2v) is 3.59. The summed E-state index contributed by atoms with van der Waals surface area (Å²) in [6.45, 7) is 6.56. The van der Waals surface area contributed by atoms with Gasteiger partial charge in [-0.05, 0) is 20.8 Å². The quantitative estimate of drug-likeness (QED) is 0.805. The van der Waals surface area contributed by atoms with Gasteiger partial charge >= 0.3 is 0 Å². The van der Waals surface area contributed by atoms with Gasteiger partial charge in [0.2, 0.25) is 0 Å². The van der Waals surface area contributed by atoms with Crippen molar-refractivity contribution in [3.05, 3.63) is 28.8 Å². The van der Waals surface area contributed by atoms with Gasteiger partial charge in [0.05, 0.1) is 5.69 Å². The smallest absolute Gasteiger partial charge is 0.169 e. The molecule has 2 rings (SSSR count). The highest BCUT2D eigenvalue weighted by Gasteiger charge is 2.06. The van der Waals surface area contributed by atoms with E-state index >= 15 is 0 Å². The molecule has 0 spiro atoms. The average Bonchev–Trinajstić information content (AvgIpc) is 2.73. The maximum absolute atomic E-state index is 4.96. The minimum absolute atomic E-state index is 0.708. The first-order valence-electron chi connectivity index (χ1n) is 4.84. The highest BCUT2D eigenvalue weighted by molar-refractivity contribution is 5.36. The highest BCUT2D eigenvalue weighted by Crippen LogP contribution is 2.13. The Morgan fingerprint density at radius 2 is 2.20 bits per heavy atom. The van der Waals surface area contributed by atoms with E-state index in [9.17, 15) is 0 Å². The molecule has 0 atom stereocenters. The SMILES string of the molecule is Cc1cc(NCc2c(C)n[nH]c2C)no1. The van der Waals surface area contributed by atoms with Gasteiger partial charge in [-0.1, -0.05) is 5.16 Å². The van der Waals surface area contributed by atoms with Gasteiger partial charge in [-0.25, -0.2) is 0 Å². The monoisotopic (exact) mass is 206 g/mol. The number of aromatic nitrogens is 3. The summed E-state index contributed by atoms with van der Waals surface area (Å²) in [5.41, 5.74) is 3.27. The van der Waals surface area contributed by atoms with Crippen molar-refractivity contribution < 1.29 is 4.52 Å². The molecule has 2 heterocycles. The number of anilines is 1. The number of nitrogens with one attached hydrogen (secondary N) is 2. The van der Waals surface area contributed by atoms with Crippen molar-refractivity contribution in [1.29, 1.82) is 0 Å². The number of hydrogen-bond acceptors (Lipinski definition) is 4. The van der Waals surface area contributed by atoms with Crippen LogP contribution in [0, 0.1) is 20.8 Å². The Bertz CT molecular complexity index is 438. The molecule has 2 N–H and O–H groups in total. The van der Waals surface area contributed by atoms with Crippen molar-refractivity contribution in [2.24, 2.45) is 0 Å². The van der Waals surface area contributed by atoms with E-state index in [1.807, 2.05) is 26.8 Å². The van der Waals surface area contributed by atoms with Crippen LogP contribution in [0.4, 0.5) is 5.82 Å². The molecule has 5 heteroatoms. The number of rotatable bonds is 3. The van der Waals surface area contributed by atoms with Crippen LogP contribution in [-0.4, -0.2) is 15.4 Å². The van der Waals surface area contributed by atoms with Crippen LogP contribution in [-0.2, 0) is 6.54 Å². The van der Waals surface area contributed by atoms with E-state index in [4.69, 9.17) is 4.52 Å². The molecule has 0 radical (unpaired) electrons. The fourth-order valence-corrected chi connectivity index (χ4v) is 1.46. The van der Waals surface area contributed by atoms with Crippen LogP contribution in [0.15, 0.2) is 10.6 Å². The third-order valence-corrected chi connectivity index (χ3v) is 2.35. The molecule has 2 aromatic heterocycles. The average molecular weight is 206 g/mol. The van der Waals surface area contributed by atoms with Crippen LogP contribution in [0.2, 0.25) is 0 Å². The Morgan fingerprint density at radius 3 is 2.73 bits per heavy atom. The lowest BCUT2D eigenvalue weighted by atomic mass is 10.2. The molecular formula is C10H14N4O. The minimum Gasteiger partial charge on any atom is -0.363 e. The Balaban J connectivity index is 2.05. The molecule has 5 nitrogen and oxygen atoms in total. The van der Waals surface area contributed by atoms with Crippen LogP contribution < -0.4 is 5.32 Å². The summed E-state index contributed by atoms with van der Waals surface area (Å²) in [5, 5.41) is 14.1. The zero-order valence-corrected chi connectivity index (χ0v) is 9.09. The van der Waals surface area contributed by atoms with Gasteiger partial charge < -0.3 is 9.84 Å². The molecule has 0 aliphatic rings. The molecule has 0 fully saturated rings. The lowest BCUT2D eigenvalue weighted by Gasteiger charge is -2.01. The first-order valence-corrected chi connectivity index (χ1v) is 4.84. The number of H-pyrrole nitrogens is 1. The third-order valence-electron chi connectivity index (χ3n) is 2.35. The Labute approximate surface area is 87.9 Å². The molecule has 15 heavy (non-hydrogen) atoms. The van der Waals surface area contributed by atoms with Gasteiger partial charge in [-0.3, -0.25) is 5.10 Å². The van der Waals surface area contributed by atoms with E-state index in [2.05, 4.69) is 20.7 Å². The third kappa shape index (κ3) is 2.01. The van der Waals surface area contributed by atoms with Crippen molar-refractivity contribution in [3.8, 4) is 0 Å². The number of nitrogens with zero attached hydrogens (tertiary/aromatic N) is 2. The van der Waals surface area contributed by atoms with Gasteiger partial charge in [0.1, 0.15) is 5.76 Å². The molecule has 0 aromatic carbocycles. The molecule has 0 amide bonds. The van der Waals surface area contributed by atoms with E-state index in [0.29, 0.717) is 6.54 Å². The second-order valence-electron chi connectivity index (χ2n) is 3.59. The predicted octanol–water partition coefficient (Wildman–Crippen LogP) is 1.94. The maximum atomic E-state index is 4.96. The molecule has 0 bridgehead atoms. The summed E-state index contributed by atoms with van der Waals surface area (Å²) in [7, 11) is 0. The van der Waals surface area contributed by atoms with Gasteiger partial charge in [-0.2, -0.15) is 5.10 Å². The first kappa shape index (κ1) is 9.76. The molecule has 0 saturated heterocycles. The number of hydrogen-bond donors (Lipinski definition) is 2. The Morgan fingerprint density at radius 1 is 1.40 bits per heavy atom. The molecule has 0 unspecified atom stereocenters. The van der Waals surface area contributed by atoms with E-state index in [1.54, 1.807) is 0 Å². The zero-order chi connectivity index (χ0) is 10.8. The highest BCUT2D eigenvalue weighted by atomic mass is 16.5. The van der Waals surface area contributed by atoms with Gasteiger partial charge in [-0.15, -0.1) is 0 Å². The molecule has 0 aliphatic heterocycles. The van der Waals surface area contributed by atoms with E-state index < -0.39 is 0 Å². The van der Waals surface area contributed by atoms with Crippen LogP contribution in [0.25, 0.3) is 0 Å². The Hall–Kier alpha value is -1.78. The van der Waals surface area contributed by atoms with Crippen molar-refractivity contribution in [2.75, 3.05) is 5.32 Å². The number of aryl methyl sites for hydroxylation is 3.